The first-order valence-electron chi connectivity index (χ1n) is 11.3. The summed E-state index contributed by atoms with van der Waals surface area (Å²) in [6, 6.07) is 13.4. The molecule has 200 valence electrons. The Morgan fingerprint density at radius 2 is 1.71 bits per heavy atom. The summed E-state index contributed by atoms with van der Waals surface area (Å²) in [5, 5.41) is 11.7. The zero-order chi connectivity index (χ0) is 28.0. The van der Waals surface area contributed by atoms with Crippen LogP contribution in [0.2, 0.25) is 0 Å². The number of alkyl halides is 3. The molecule has 3 aromatic rings. The molecule has 0 spiro atoms. The molecular weight excluding hydrogens is 513 g/mol. The van der Waals surface area contributed by atoms with Gasteiger partial charge in [-0.15, -0.1) is 0 Å². The third-order valence-electron chi connectivity index (χ3n) is 5.61. The summed E-state index contributed by atoms with van der Waals surface area (Å²) < 4.78 is 58.7. The van der Waals surface area contributed by atoms with E-state index in [9.17, 15) is 31.5 Å². The fourth-order valence-corrected chi connectivity index (χ4v) is 3.73. The Morgan fingerprint density at radius 1 is 1.05 bits per heavy atom. The molecule has 1 atom stereocenters. The van der Waals surface area contributed by atoms with Gasteiger partial charge in [-0.3, -0.25) is 9.59 Å². The largest absolute Gasteiger partial charge is 0.542 e. The molecule has 0 bridgehead atoms. The number of fused-ring (bicyclic) bond motifs is 1. The van der Waals surface area contributed by atoms with Gasteiger partial charge in [-0.2, -0.15) is 13.2 Å². The number of hydrogen-bond acceptors (Lipinski definition) is 5. The minimum absolute atomic E-state index is 0.195. The van der Waals surface area contributed by atoms with Gasteiger partial charge in [0.2, 0.25) is 0 Å². The second-order valence-electron chi connectivity index (χ2n) is 8.27. The number of aliphatic carboxylic acids is 1. The first kappa shape index (κ1) is 28.2. The lowest BCUT2D eigenvalue weighted by molar-refractivity contribution is -0.344. The SMILES string of the molecule is CC(NC(=O)c1ccc(F)cc1)c1ccc2c(c1)CCCN2C(=O)c1ncccc1F.O=C([O-])C(F)(F)F. The Bertz CT molecular complexity index is 1330. The van der Waals surface area contributed by atoms with Crippen LogP contribution in [0.3, 0.4) is 0 Å². The molecule has 1 N–H and O–H groups in total. The van der Waals surface area contributed by atoms with Gasteiger partial charge in [0, 0.05) is 24.0 Å². The van der Waals surface area contributed by atoms with Crippen molar-refractivity contribution in [1.29, 1.82) is 0 Å². The normalized spacial score (nSPS) is 13.5. The van der Waals surface area contributed by atoms with Crippen LogP contribution in [0, 0.1) is 11.6 Å². The van der Waals surface area contributed by atoms with Crippen LogP contribution in [0.1, 0.15) is 51.4 Å². The summed E-state index contributed by atoms with van der Waals surface area (Å²) in [7, 11) is 0. The number of nitrogens with zero attached hydrogens (tertiary/aromatic N) is 2. The third kappa shape index (κ3) is 6.90. The second-order valence-corrected chi connectivity index (χ2v) is 8.27. The van der Waals surface area contributed by atoms with Crippen LogP contribution < -0.4 is 15.3 Å². The fourth-order valence-electron chi connectivity index (χ4n) is 3.73. The molecule has 38 heavy (non-hydrogen) atoms. The van der Waals surface area contributed by atoms with Gasteiger partial charge in [0.15, 0.2) is 11.5 Å². The summed E-state index contributed by atoms with van der Waals surface area (Å²) in [4.78, 5) is 39.5. The predicted octanol–water partition coefficient (Wildman–Crippen LogP) is 3.74. The van der Waals surface area contributed by atoms with Crippen LogP contribution >= 0.6 is 0 Å². The number of carbonyl (C=O) groups excluding carboxylic acids is 3. The first-order valence-corrected chi connectivity index (χ1v) is 11.3. The van der Waals surface area contributed by atoms with Crippen molar-refractivity contribution in [3.8, 4) is 0 Å². The number of nitrogens with one attached hydrogen (secondary N) is 1. The lowest BCUT2D eigenvalue weighted by Crippen LogP contribution is -2.37. The summed E-state index contributed by atoms with van der Waals surface area (Å²) in [6.45, 7) is 2.34. The quantitative estimate of drug-likeness (QED) is 0.514. The van der Waals surface area contributed by atoms with Gasteiger partial charge in [-0.1, -0.05) is 12.1 Å². The maximum absolute atomic E-state index is 14.1. The van der Waals surface area contributed by atoms with Crippen LogP contribution in [0.15, 0.2) is 60.8 Å². The number of carboxylic acid groups (broad SMARTS) is 1. The molecule has 1 unspecified atom stereocenters. The number of carbonyl (C=O) groups is 3. The number of rotatable bonds is 4. The van der Waals surface area contributed by atoms with Crippen molar-refractivity contribution in [2.75, 3.05) is 11.4 Å². The Kier molecular flexibility index (Phi) is 8.76. The predicted molar refractivity (Wildman–Crippen MR) is 124 cm³/mol. The number of anilines is 1. The molecule has 2 amide bonds. The van der Waals surface area contributed by atoms with Crippen LogP contribution in [0.4, 0.5) is 27.6 Å². The van der Waals surface area contributed by atoms with E-state index in [4.69, 9.17) is 9.90 Å². The standard InChI is InChI=1S/C24H21F2N3O2.C2HF3O2/c1-15(28-23(30)16-6-9-19(25)10-7-16)17-8-11-21-18(14-17)4-3-13-29(21)24(31)22-20(26)5-2-12-27-22;3-2(4,5)1(6)7/h2,5-12,14-15H,3-4,13H2,1H3,(H,28,30);(H,6,7)/p-1. The molecule has 1 aliphatic rings. The Labute approximate surface area is 213 Å². The number of amides is 2. The van der Waals surface area contributed by atoms with Crippen LogP contribution in [0.25, 0.3) is 0 Å². The first-order chi connectivity index (χ1) is 17.9. The number of hydrogen-bond donors (Lipinski definition) is 1. The maximum atomic E-state index is 14.1. The minimum atomic E-state index is -5.19. The molecule has 0 aliphatic carbocycles. The van der Waals surface area contributed by atoms with Crippen molar-refractivity contribution < 1.29 is 41.4 Å². The number of aryl methyl sites for hydroxylation is 1. The van der Waals surface area contributed by atoms with E-state index in [-0.39, 0.29) is 17.6 Å². The molecule has 0 radical (unpaired) electrons. The van der Waals surface area contributed by atoms with E-state index in [1.807, 2.05) is 25.1 Å². The van der Waals surface area contributed by atoms with E-state index in [0.717, 1.165) is 29.7 Å². The van der Waals surface area contributed by atoms with E-state index >= 15 is 0 Å². The molecular formula is C26H21F5N3O4-. The highest BCUT2D eigenvalue weighted by molar-refractivity contribution is 6.05. The van der Waals surface area contributed by atoms with Crippen molar-refractivity contribution in [3.63, 3.8) is 0 Å². The number of pyridine rings is 1. The topological polar surface area (TPSA) is 102 Å². The highest BCUT2D eigenvalue weighted by Crippen LogP contribution is 2.31. The van der Waals surface area contributed by atoms with Gasteiger partial charge >= 0.3 is 6.18 Å². The molecule has 1 aromatic heterocycles. The monoisotopic (exact) mass is 534 g/mol. The van der Waals surface area contributed by atoms with Crippen molar-refractivity contribution in [2.24, 2.45) is 0 Å². The van der Waals surface area contributed by atoms with E-state index in [1.54, 1.807) is 4.90 Å². The molecule has 0 saturated carbocycles. The molecule has 2 heterocycles. The molecule has 0 fully saturated rings. The van der Waals surface area contributed by atoms with Crippen LogP contribution in [-0.4, -0.2) is 35.5 Å². The van der Waals surface area contributed by atoms with E-state index in [2.05, 4.69) is 10.3 Å². The van der Waals surface area contributed by atoms with Gasteiger partial charge in [0.1, 0.15) is 11.8 Å². The molecule has 2 aromatic carbocycles. The molecule has 4 rings (SSSR count). The molecule has 1 aliphatic heterocycles. The number of carboxylic acids is 1. The van der Waals surface area contributed by atoms with Gasteiger partial charge in [0.05, 0.1) is 6.04 Å². The highest BCUT2D eigenvalue weighted by atomic mass is 19.4. The average Bonchev–Trinajstić information content (AvgIpc) is 2.88. The van der Waals surface area contributed by atoms with Crippen molar-refractivity contribution in [2.45, 2.75) is 32.0 Å². The van der Waals surface area contributed by atoms with Crippen LogP contribution in [-0.2, 0) is 11.2 Å². The summed E-state index contributed by atoms with van der Waals surface area (Å²) in [6.07, 6.45) is -2.28. The highest BCUT2D eigenvalue weighted by Gasteiger charge is 2.29. The molecule has 0 saturated heterocycles. The van der Waals surface area contributed by atoms with Crippen LogP contribution in [0.5, 0.6) is 0 Å². The zero-order valence-electron chi connectivity index (χ0n) is 19.9. The maximum Gasteiger partial charge on any atom is 0.430 e. The average molecular weight is 534 g/mol. The minimum Gasteiger partial charge on any atom is -0.542 e. The Hall–Kier alpha value is -4.35. The number of benzene rings is 2. The molecule has 12 heteroatoms. The lowest BCUT2D eigenvalue weighted by atomic mass is 9.96. The zero-order valence-corrected chi connectivity index (χ0v) is 19.9. The van der Waals surface area contributed by atoms with Crippen molar-refractivity contribution in [1.82, 2.24) is 10.3 Å². The Morgan fingerprint density at radius 3 is 2.32 bits per heavy atom. The van der Waals surface area contributed by atoms with Gasteiger partial charge in [0.25, 0.3) is 11.8 Å². The third-order valence-corrected chi connectivity index (χ3v) is 5.61. The second kappa shape index (κ2) is 11.8. The lowest BCUT2D eigenvalue weighted by Gasteiger charge is -2.30. The van der Waals surface area contributed by atoms with E-state index < -0.39 is 29.7 Å². The number of aromatic nitrogens is 1. The summed E-state index contributed by atoms with van der Waals surface area (Å²) in [5.74, 6) is -4.82. The fraction of sp³-hybridized carbons (Fsp3) is 0.231. The van der Waals surface area contributed by atoms with Gasteiger partial charge in [-0.25, -0.2) is 13.8 Å². The van der Waals surface area contributed by atoms with Crippen molar-refractivity contribution >= 4 is 23.5 Å². The van der Waals surface area contributed by atoms with E-state index in [0.29, 0.717) is 12.1 Å². The summed E-state index contributed by atoms with van der Waals surface area (Å²) >= 11 is 0. The van der Waals surface area contributed by atoms with Crippen molar-refractivity contribution in [3.05, 3.63) is 94.8 Å². The Balaban J connectivity index is 0.000000505. The number of halogens is 5. The van der Waals surface area contributed by atoms with Gasteiger partial charge < -0.3 is 20.1 Å². The summed E-state index contributed by atoms with van der Waals surface area (Å²) in [5.41, 5.74) is 2.74. The molecule has 7 nitrogen and oxygen atoms in total. The van der Waals surface area contributed by atoms with Gasteiger partial charge in [-0.05, 0) is 73.4 Å². The smallest absolute Gasteiger partial charge is 0.430 e. The van der Waals surface area contributed by atoms with E-state index in [1.165, 1.54) is 42.6 Å².